The number of halogens is 1. The maximum atomic E-state index is 9.05. The third-order valence-electron chi connectivity index (χ3n) is 2.33. The lowest BCUT2D eigenvalue weighted by atomic mass is 10.0. The van der Waals surface area contributed by atoms with E-state index in [0.29, 0.717) is 17.1 Å². The molecule has 0 spiro atoms. The van der Waals surface area contributed by atoms with E-state index in [4.69, 9.17) is 14.7 Å². The molecule has 0 saturated heterocycles. The zero-order valence-corrected chi connectivity index (χ0v) is 10.7. The van der Waals surface area contributed by atoms with Gasteiger partial charge < -0.3 is 9.47 Å². The van der Waals surface area contributed by atoms with Crippen LogP contribution in [0.5, 0.6) is 11.5 Å². The highest BCUT2D eigenvalue weighted by Crippen LogP contribution is 2.40. The van der Waals surface area contributed by atoms with Gasteiger partial charge in [-0.1, -0.05) is 0 Å². The maximum Gasteiger partial charge on any atom is 0.143 e. The molecule has 3 nitrogen and oxygen atoms in total. The summed E-state index contributed by atoms with van der Waals surface area (Å²) in [6.45, 7) is 3.72. The first-order valence-corrected chi connectivity index (χ1v) is 5.18. The Kier molecular flexibility index (Phi) is 3.59. The van der Waals surface area contributed by atoms with Crippen molar-refractivity contribution < 1.29 is 9.47 Å². The van der Waals surface area contributed by atoms with Crippen LogP contribution < -0.4 is 9.47 Å². The van der Waals surface area contributed by atoms with Gasteiger partial charge in [0.25, 0.3) is 0 Å². The van der Waals surface area contributed by atoms with Crippen molar-refractivity contribution >= 4 is 15.9 Å². The third kappa shape index (κ3) is 1.80. The van der Waals surface area contributed by atoms with Crippen LogP contribution in [-0.4, -0.2) is 14.2 Å². The van der Waals surface area contributed by atoms with Crippen molar-refractivity contribution in [3.8, 4) is 17.6 Å². The Balaban J connectivity index is 3.67. The molecule has 80 valence electrons. The van der Waals surface area contributed by atoms with Crippen molar-refractivity contribution in [3.63, 3.8) is 0 Å². The first-order valence-electron chi connectivity index (χ1n) is 4.39. The summed E-state index contributed by atoms with van der Waals surface area (Å²) in [5.41, 5.74) is 2.20. The Bertz CT molecular complexity index is 432. The monoisotopic (exact) mass is 269 g/mol. The van der Waals surface area contributed by atoms with Gasteiger partial charge >= 0.3 is 0 Å². The molecule has 1 rings (SSSR count). The van der Waals surface area contributed by atoms with Crippen LogP contribution in [-0.2, 0) is 0 Å². The molecule has 0 atom stereocenters. The SMILES string of the molecule is COc1c(C)c(OC)c(C#N)c(C)c1Br. The zero-order chi connectivity index (χ0) is 11.6. The van der Waals surface area contributed by atoms with Crippen molar-refractivity contribution in [2.45, 2.75) is 13.8 Å². The highest BCUT2D eigenvalue weighted by molar-refractivity contribution is 9.10. The molecule has 0 radical (unpaired) electrons. The number of ether oxygens (including phenoxy) is 2. The summed E-state index contributed by atoms with van der Waals surface area (Å²) >= 11 is 3.41. The molecule has 0 aliphatic rings. The highest BCUT2D eigenvalue weighted by atomic mass is 79.9. The number of methoxy groups -OCH3 is 2. The fourth-order valence-corrected chi connectivity index (χ4v) is 2.20. The third-order valence-corrected chi connectivity index (χ3v) is 3.29. The Morgan fingerprint density at radius 1 is 1.07 bits per heavy atom. The molecule has 0 bridgehead atoms. The summed E-state index contributed by atoms with van der Waals surface area (Å²) < 4.78 is 11.3. The minimum Gasteiger partial charge on any atom is -0.495 e. The summed E-state index contributed by atoms with van der Waals surface area (Å²) in [7, 11) is 3.15. The number of rotatable bonds is 2. The molecule has 1 aromatic rings. The molecule has 1 aromatic carbocycles. The van der Waals surface area contributed by atoms with Gasteiger partial charge in [-0.05, 0) is 35.3 Å². The van der Waals surface area contributed by atoms with E-state index in [1.165, 1.54) is 0 Å². The molecule has 0 N–H and O–H groups in total. The molecule has 0 saturated carbocycles. The fraction of sp³-hybridized carbons (Fsp3) is 0.364. The van der Waals surface area contributed by atoms with E-state index >= 15 is 0 Å². The van der Waals surface area contributed by atoms with Crippen molar-refractivity contribution in [1.82, 2.24) is 0 Å². The van der Waals surface area contributed by atoms with Gasteiger partial charge in [0.1, 0.15) is 17.6 Å². The van der Waals surface area contributed by atoms with Crippen LogP contribution in [0.25, 0.3) is 0 Å². The second-order valence-electron chi connectivity index (χ2n) is 3.12. The van der Waals surface area contributed by atoms with Gasteiger partial charge in [0.05, 0.1) is 24.3 Å². The van der Waals surface area contributed by atoms with Crippen molar-refractivity contribution in [1.29, 1.82) is 5.26 Å². The lowest BCUT2D eigenvalue weighted by Crippen LogP contribution is -1.99. The molecule has 0 aromatic heterocycles. The minimum absolute atomic E-state index is 0.544. The van der Waals surface area contributed by atoms with Gasteiger partial charge in [0, 0.05) is 5.56 Å². The molecule has 0 unspecified atom stereocenters. The second kappa shape index (κ2) is 4.54. The van der Waals surface area contributed by atoms with Gasteiger partial charge in [0.2, 0.25) is 0 Å². The van der Waals surface area contributed by atoms with Crippen LogP contribution in [0.2, 0.25) is 0 Å². The van der Waals surface area contributed by atoms with E-state index in [0.717, 1.165) is 15.6 Å². The molecule has 0 aliphatic carbocycles. The second-order valence-corrected chi connectivity index (χ2v) is 3.91. The molecule has 4 heteroatoms. The molecule has 15 heavy (non-hydrogen) atoms. The van der Waals surface area contributed by atoms with E-state index in [-0.39, 0.29) is 0 Å². The van der Waals surface area contributed by atoms with Crippen LogP contribution in [0.4, 0.5) is 0 Å². The average Bonchev–Trinajstić information content (AvgIpc) is 2.23. The number of benzene rings is 1. The predicted molar refractivity (Wildman–Crippen MR) is 61.4 cm³/mol. The van der Waals surface area contributed by atoms with E-state index in [9.17, 15) is 0 Å². The van der Waals surface area contributed by atoms with E-state index in [2.05, 4.69) is 22.0 Å². The zero-order valence-electron chi connectivity index (χ0n) is 9.14. The van der Waals surface area contributed by atoms with Crippen LogP contribution in [0.3, 0.4) is 0 Å². The summed E-state index contributed by atoms with van der Waals surface area (Å²) in [5, 5.41) is 9.05. The summed E-state index contributed by atoms with van der Waals surface area (Å²) in [6.07, 6.45) is 0. The van der Waals surface area contributed by atoms with E-state index < -0.39 is 0 Å². The summed E-state index contributed by atoms with van der Waals surface area (Å²) in [5.74, 6) is 1.29. The van der Waals surface area contributed by atoms with Crippen molar-refractivity contribution in [2.24, 2.45) is 0 Å². The molecular formula is C11H12BrNO2. The van der Waals surface area contributed by atoms with Crippen LogP contribution in [0, 0.1) is 25.2 Å². The van der Waals surface area contributed by atoms with Crippen molar-refractivity contribution in [3.05, 3.63) is 21.2 Å². The van der Waals surface area contributed by atoms with Crippen LogP contribution in [0.1, 0.15) is 16.7 Å². The van der Waals surface area contributed by atoms with Gasteiger partial charge in [-0.3, -0.25) is 0 Å². The lowest BCUT2D eigenvalue weighted by molar-refractivity contribution is 0.385. The van der Waals surface area contributed by atoms with Gasteiger partial charge in [-0.15, -0.1) is 0 Å². The first kappa shape index (κ1) is 11.9. The Hall–Kier alpha value is -1.21. The molecule has 0 fully saturated rings. The quantitative estimate of drug-likeness (QED) is 0.829. The fourth-order valence-electron chi connectivity index (χ4n) is 1.54. The number of nitriles is 1. The lowest BCUT2D eigenvalue weighted by Gasteiger charge is -2.15. The number of hydrogen-bond donors (Lipinski definition) is 0. The average molecular weight is 270 g/mol. The Morgan fingerprint density at radius 3 is 2.00 bits per heavy atom. The van der Waals surface area contributed by atoms with Gasteiger partial charge in [-0.25, -0.2) is 0 Å². The van der Waals surface area contributed by atoms with Crippen LogP contribution >= 0.6 is 15.9 Å². The minimum atomic E-state index is 0.544. The molecule has 0 amide bonds. The highest BCUT2D eigenvalue weighted by Gasteiger charge is 2.19. The number of nitrogens with zero attached hydrogens (tertiary/aromatic N) is 1. The normalized spacial score (nSPS) is 9.60. The Labute approximate surface area is 97.7 Å². The Morgan fingerprint density at radius 2 is 1.60 bits per heavy atom. The predicted octanol–water partition coefficient (Wildman–Crippen LogP) is 2.95. The molecule has 0 aliphatic heterocycles. The molecular weight excluding hydrogens is 258 g/mol. The van der Waals surface area contributed by atoms with Crippen LogP contribution in [0.15, 0.2) is 4.47 Å². The topological polar surface area (TPSA) is 42.2 Å². The number of hydrogen-bond acceptors (Lipinski definition) is 3. The van der Waals surface area contributed by atoms with E-state index in [1.807, 2.05) is 13.8 Å². The van der Waals surface area contributed by atoms with Crippen molar-refractivity contribution in [2.75, 3.05) is 14.2 Å². The summed E-state index contributed by atoms with van der Waals surface area (Å²) in [6, 6.07) is 2.14. The van der Waals surface area contributed by atoms with Gasteiger partial charge in [-0.2, -0.15) is 5.26 Å². The standard InChI is InChI=1S/C11H12BrNO2/c1-6-8(5-13)10(14-3)7(2)11(15-4)9(6)12/h1-4H3. The largest absolute Gasteiger partial charge is 0.495 e. The van der Waals surface area contributed by atoms with Gasteiger partial charge in [0.15, 0.2) is 0 Å². The van der Waals surface area contributed by atoms with E-state index in [1.54, 1.807) is 14.2 Å². The maximum absolute atomic E-state index is 9.05. The smallest absolute Gasteiger partial charge is 0.143 e. The first-order chi connectivity index (χ1) is 7.08. The molecule has 0 heterocycles. The summed E-state index contributed by atoms with van der Waals surface area (Å²) in [4.78, 5) is 0.